The lowest BCUT2D eigenvalue weighted by Crippen LogP contribution is -2.42. The molecule has 0 bridgehead atoms. The molecule has 0 saturated heterocycles. The van der Waals surface area contributed by atoms with E-state index in [-0.39, 0.29) is 17.9 Å². The SMILES string of the molecule is CCN(C1=C(c2ccc(C)c(C)c2)C(=O)N(C2CCCCCC2)C1=O)c1ccccc1. The number of hydrogen-bond acceptors (Lipinski definition) is 3. The predicted octanol–water partition coefficient (Wildman–Crippen LogP) is 5.63. The Morgan fingerprint density at radius 3 is 2.16 bits per heavy atom. The molecule has 4 rings (SSSR count). The first-order valence-corrected chi connectivity index (χ1v) is 11.5. The summed E-state index contributed by atoms with van der Waals surface area (Å²) in [5, 5.41) is 0. The highest BCUT2D eigenvalue weighted by molar-refractivity contribution is 6.37. The van der Waals surface area contributed by atoms with Crippen molar-refractivity contribution in [1.82, 2.24) is 4.90 Å². The summed E-state index contributed by atoms with van der Waals surface area (Å²) in [6, 6.07) is 16.0. The molecule has 0 N–H and O–H groups in total. The molecular formula is C27H32N2O2. The predicted molar refractivity (Wildman–Crippen MR) is 126 cm³/mol. The Kier molecular flexibility index (Phi) is 6.26. The highest BCUT2D eigenvalue weighted by Gasteiger charge is 2.44. The lowest BCUT2D eigenvalue weighted by Gasteiger charge is -2.28. The number of benzene rings is 2. The minimum atomic E-state index is -0.143. The molecule has 2 aromatic carbocycles. The summed E-state index contributed by atoms with van der Waals surface area (Å²) in [6.07, 6.45) is 6.33. The van der Waals surface area contributed by atoms with Gasteiger partial charge in [-0.25, -0.2) is 0 Å². The fraction of sp³-hybridized carbons (Fsp3) is 0.407. The van der Waals surface area contributed by atoms with Gasteiger partial charge in [-0.05, 0) is 62.4 Å². The number of aryl methyl sites for hydroxylation is 2. The van der Waals surface area contributed by atoms with E-state index < -0.39 is 0 Å². The molecule has 31 heavy (non-hydrogen) atoms. The van der Waals surface area contributed by atoms with Crippen molar-refractivity contribution in [3.8, 4) is 0 Å². The van der Waals surface area contributed by atoms with E-state index in [1.54, 1.807) is 4.90 Å². The molecule has 2 aliphatic rings. The van der Waals surface area contributed by atoms with Crippen LogP contribution >= 0.6 is 0 Å². The van der Waals surface area contributed by atoms with E-state index in [1.807, 2.05) is 60.4 Å². The van der Waals surface area contributed by atoms with Gasteiger partial charge in [0.15, 0.2) is 0 Å². The van der Waals surface area contributed by atoms with E-state index in [0.29, 0.717) is 17.8 Å². The molecule has 1 heterocycles. The number of amides is 2. The largest absolute Gasteiger partial charge is 0.337 e. The maximum atomic E-state index is 13.8. The molecule has 1 aliphatic carbocycles. The summed E-state index contributed by atoms with van der Waals surface area (Å²) in [4.78, 5) is 31.2. The Morgan fingerprint density at radius 1 is 0.871 bits per heavy atom. The minimum Gasteiger partial charge on any atom is -0.337 e. The fourth-order valence-electron chi connectivity index (χ4n) is 4.87. The van der Waals surface area contributed by atoms with Crippen LogP contribution in [0.15, 0.2) is 54.2 Å². The van der Waals surface area contributed by atoms with Crippen LogP contribution in [0.3, 0.4) is 0 Å². The lowest BCUT2D eigenvalue weighted by molar-refractivity contribution is -0.139. The van der Waals surface area contributed by atoms with Gasteiger partial charge < -0.3 is 4.90 Å². The summed E-state index contributed by atoms with van der Waals surface area (Å²) in [7, 11) is 0. The van der Waals surface area contributed by atoms with Gasteiger partial charge in [-0.2, -0.15) is 0 Å². The van der Waals surface area contributed by atoms with Crippen molar-refractivity contribution in [3.05, 3.63) is 70.9 Å². The van der Waals surface area contributed by atoms with Crippen LogP contribution in [-0.4, -0.2) is 29.3 Å². The van der Waals surface area contributed by atoms with Gasteiger partial charge in [0.25, 0.3) is 11.8 Å². The van der Waals surface area contributed by atoms with Gasteiger partial charge in [-0.15, -0.1) is 0 Å². The maximum absolute atomic E-state index is 13.8. The number of likely N-dealkylation sites (N-methyl/N-ethyl adjacent to an activating group) is 1. The van der Waals surface area contributed by atoms with Gasteiger partial charge in [-0.3, -0.25) is 14.5 Å². The van der Waals surface area contributed by atoms with E-state index in [9.17, 15) is 9.59 Å². The average Bonchev–Trinajstić information content (AvgIpc) is 2.94. The van der Waals surface area contributed by atoms with Crippen LogP contribution in [0.25, 0.3) is 5.57 Å². The number of anilines is 1. The van der Waals surface area contributed by atoms with Crippen LogP contribution < -0.4 is 4.90 Å². The Labute approximate surface area is 185 Å². The van der Waals surface area contributed by atoms with Gasteiger partial charge in [-0.1, -0.05) is 62.1 Å². The third-order valence-electron chi connectivity index (χ3n) is 6.73. The second-order valence-corrected chi connectivity index (χ2v) is 8.73. The zero-order valence-corrected chi connectivity index (χ0v) is 18.9. The van der Waals surface area contributed by atoms with E-state index in [1.165, 1.54) is 18.4 Å². The van der Waals surface area contributed by atoms with Crippen LogP contribution in [-0.2, 0) is 9.59 Å². The highest BCUT2D eigenvalue weighted by Crippen LogP contribution is 2.37. The van der Waals surface area contributed by atoms with Crippen molar-refractivity contribution < 1.29 is 9.59 Å². The van der Waals surface area contributed by atoms with Crippen molar-refractivity contribution in [3.63, 3.8) is 0 Å². The van der Waals surface area contributed by atoms with E-state index in [4.69, 9.17) is 0 Å². The average molecular weight is 417 g/mol. The third kappa shape index (κ3) is 4.04. The second-order valence-electron chi connectivity index (χ2n) is 8.73. The Balaban J connectivity index is 1.85. The number of para-hydroxylation sites is 1. The summed E-state index contributed by atoms with van der Waals surface area (Å²) < 4.78 is 0. The fourth-order valence-corrected chi connectivity index (χ4v) is 4.87. The zero-order chi connectivity index (χ0) is 22.0. The molecule has 0 radical (unpaired) electrons. The molecule has 4 heteroatoms. The normalized spacial score (nSPS) is 18.0. The first kappa shape index (κ1) is 21.4. The molecule has 0 aromatic heterocycles. The monoisotopic (exact) mass is 416 g/mol. The summed E-state index contributed by atoms with van der Waals surface area (Å²) in [5.41, 5.74) is 5.14. The first-order chi connectivity index (χ1) is 15.0. The van der Waals surface area contributed by atoms with Crippen LogP contribution in [0.1, 0.15) is 62.1 Å². The van der Waals surface area contributed by atoms with Crippen molar-refractivity contribution >= 4 is 23.1 Å². The third-order valence-corrected chi connectivity index (χ3v) is 6.73. The molecule has 162 valence electrons. The number of carbonyl (C=O) groups excluding carboxylic acids is 2. The quantitative estimate of drug-likeness (QED) is 0.468. The van der Waals surface area contributed by atoms with E-state index >= 15 is 0 Å². The van der Waals surface area contributed by atoms with Crippen LogP contribution in [0, 0.1) is 13.8 Å². The number of hydrogen-bond donors (Lipinski definition) is 0. The van der Waals surface area contributed by atoms with Crippen LogP contribution in [0.5, 0.6) is 0 Å². The number of carbonyl (C=O) groups is 2. The highest BCUT2D eigenvalue weighted by atomic mass is 16.2. The Morgan fingerprint density at radius 2 is 1.55 bits per heavy atom. The standard InChI is InChI=1S/C27H32N2O2/c1-4-28(22-12-10-7-11-13-22)25-24(21-17-16-19(2)20(3)18-21)26(30)29(27(25)31)23-14-8-5-6-9-15-23/h7,10-13,16-18,23H,4-6,8-9,14-15H2,1-3H3. The van der Waals surface area contributed by atoms with Crippen LogP contribution in [0.4, 0.5) is 5.69 Å². The molecule has 2 aromatic rings. The molecule has 0 atom stereocenters. The van der Waals surface area contributed by atoms with E-state index in [2.05, 4.69) is 13.8 Å². The number of rotatable bonds is 5. The molecule has 0 unspecified atom stereocenters. The smallest absolute Gasteiger partial charge is 0.278 e. The second kappa shape index (κ2) is 9.09. The maximum Gasteiger partial charge on any atom is 0.278 e. The van der Waals surface area contributed by atoms with Crippen LogP contribution in [0.2, 0.25) is 0 Å². The Hall–Kier alpha value is -2.88. The number of imide groups is 1. The van der Waals surface area contributed by atoms with Crippen molar-refractivity contribution in [1.29, 1.82) is 0 Å². The van der Waals surface area contributed by atoms with Gasteiger partial charge in [0.05, 0.1) is 5.57 Å². The topological polar surface area (TPSA) is 40.6 Å². The lowest BCUT2D eigenvalue weighted by atomic mass is 9.99. The molecule has 2 amide bonds. The van der Waals surface area contributed by atoms with Gasteiger partial charge in [0.1, 0.15) is 5.70 Å². The van der Waals surface area contributed by atoms with Crippen molar-refractivity contribution in [2.24, 2.45) is 0 Å². The molecule has 1 aliphatic heterocycles. The molecular weight excluding hydrogens is 384 g/mol. The van der Waals surface area contributed by atoms with Gasteiger partial charge in [0, 0.05) is 18.3 Å². The van der Waals surface area contributed by atoms with Gasteiger partial charge in [0.2, 0.25) is 0 Å². The number of nitrogens with zero attached hydrogens (tertiary/aromatic N) is 2. The zero-order valence-electron chi connectivity index (χ0n) is 18.9. The van der Waals surface area contributed by atoms with Crippen molar-refractivity contribution in [2.45, 2.75) is 65.3 Å². The summed E-state index contributed by atoms with van der Waals surface area (Å²) in [6.45, 7) is 6.77. The minimum absolute atomic E-state index is 0.00368. The summed E-state index contributed by atoms with van der Waals surface area (Å²) in [5.74, 6) is -0.277. The van der Waals surface area contributed by atoms with Gasteiger partial charge >= 0.3 is 0 Å². The molecule has 1 saturated carbocycles. The van der Waals surface area contributed by atoms with E-state index in [0.717, 1.165) is 42.5 Å². The molecule has 1 fully saturated rings. The Bertz CT molecular complexity index is 1000. The molecule has 0 spiro atoms. The first-order valence-electron chi connectivity index (χ1n) is 11.5. The summed E-state index contributed by atoms with van der Waals surface area (Å²) >= 11 is 0. The molecule has 4 nitrogen and oxygen atoms in total. The van der Waals surface area contributed by atoms with Crippen molar-refractivity contribution in [2.75, 3.05) is 11.4 Å².